The van der Waals surface area contributed by atoms with Crippen molar-refractivity contribution in [2.75, 3.05) is 26.7 Å². The minimum Gasteiger partial charge on any atom is -0.310 e. The van der Waals surface area contributed by atoms with Crippen molar-refractivity contribution in [1.82, 2.24) is 15.1 Å². The van der Waals surface area contributed by atoms with Gasteiger partial charge in [0, 0.05) is 13.1 Å². The van der Waals surface area contributed by atoms with Crippen LogP contribution in [0.1, 0.15) is 0 Å². The number of rotatable bonds is 1. The van der Waals surface area contributed by atoms with Crippen LogP contribution < -0.4 is 5.32 Å². The smallest absolute Gasteiger partial charge is 0.310 e. The van der Waals surface area contributed by atoms with Crippen LogP contribution in [0.25, 0.3) is 0 Å². The Morgan fingerprint density at radius 3 is 2.50 bits per heavy atom. The van der Waals surface area contributed by atoms with Crippen molar-refractivity contribution < 1.29 is 9.59 Å². The number of carbonyl (C=O) groups excluding carboxylic acids is 2. The highest BCUT2D eigenvalue weighted by Crippen LogP contribution is 2.14. The van der Waals surface area contributed by atoms with Gasteiger partial charge in [-0.2, -0.15) is 0 Å². The number of amides is 3. The van der Waals surface area contributed by atoms with Crippen molar-refractivity contribution in [1.29, 1.82) is 0 Å². The number of likely N-dealkylation sites (tertiary alicyclic amines) is 1. The van der Waals surface area contributed by atoms with Crippen LogP contribution in [-0.2, 0) is 4.79 Å². The number of likely N-dealkylation sites (N-methyl/N-ethyl adjacent to an activating group) is 1. The molecule has 2 rings (SSSR count). The first-order valence-corrected chi connectivity index (χ1v) is 3.96. The number of imide groups is 1. The standard InChI is InChI=1S/C7H11N3O2/c1-9-2-5(3-9)10-4-6(11)8-7(10)12/h5H,2-4H2,1H3,(H,8,11,12). The van der Waals surface area contributed by atoms with Gasteiger partial charge in [0.1, 0.15) is 6.54 Å². The molecular formula is C7H11N3O2. The number of nitrogens with zero attached hydrogens (tertiary/aromatic N) is 2. The monoisotopic (exact) mass is 169 g/mol. The Hall–Kier alpha value is -1.10. The molecule has 1 N–H and O–H groups in total. The van der Waals surface area contributed by atoms with Gasteiger partial charge in [0.2, 0.25) is 5.91 Å². The van der Waals surface area contributed by atoms with Crippen molar-refractivity contribution >= 4 is 11.9 Å². The molecule has 2 heterocycles. The zero-order chi connectivity index (χ0) is 8.72. The van der Waals surface area contributed by atoms with E-state index in [0.717, 1.165) is 13.1 Å². The Morgan fingerprint density at radius 1 is 1.42 bits per heavy atom. The van der Waals surface area contributed by atoms with Crippen molar-refractivity contribution in [3.8, 4) is 0 Å². The van der Waals surface area contributed by atoms with Crippen molar-refractivity contribution in [2.45, 2.75) is 6.04 Å². The molecule has 0 aromatic carbocycles. The molecule has 0 saturated carbocycles. The molecule has 2 aliphatic rings. The summed E-state index contributed by atoms with van der Waals surface area (Å²) in [5.41, 5.74) is 0. The maximum absolute atomic E-state index is 11.1. The lowest BCUT2D eigenvalue weighted by molar-refractivity contribution is -0.118. The second-order valence-electron chi connectivity index (χ2n) is 3.36. The van der Waals surface area contributed by atoms with Gasteiger partial charge in [-0.05, 0) is 7.05 Å². The van der Waals surface area contributed by atoms with Crippen molar-refractivity contribution in [2.24, 2.45) is 0 Å². The lowest BCUT2D eigenvalue weighted by atomic mass is 10.1. The lowest BCUT2D eigenvalue weighted by Gasteiger charge is -2.40. The summed E-state index contributed by atoms with van der Waals surface area (Å²) in [4.78, 5) is 25.6. The molecule has 0 aromatic heterocycles. The minimum atomic E-state index is -0.238. The molecule has 5 heteroatoms. The summed E-state index contributed by atoms with van der Waals surface area (Å²) in [6.45, 7) is 1.98. The minimum absolute atomic E-state index is 0.186. The topological polar surface area (TPSA) is 52.6 Å². The van der Waals surface area contributed by atoms with Gasteiger partial charge in [0.15, 0.2) is 0 Å². The molecule has 2 fully saturated rings. The number of hydrogen-bond acceptors (Lipinski definition) is 3. The number of hydrogen-bond donors (Lipinski definition) is 1. The molecule has 0 bridgehead atoms. The zero-order valence-electron chi connectivity index (χ0n) is 6.91. The molecule has 0 unspecified atom stereocenters. The highest BCUT2D eigenvalue weighted by atomic mass is 16.2. The summed E-state index contributed by atoms with van der Waals surface area (Å²) >= 11 is 0. The number of urea groups is 1. The lowest BCUT2D eigenvalue weighted by Crippen LogP contribution is -2.58. The van der Waals surface area contributed by atoms with Gasteiger partial charge in [-0.15, -0.1) is 0 Å². The van der Waals surface area contributed by atoms with E-state index in [1.165, 1.54) is 0 Å². The van der Waals surface area contributed by atoms with E-state index in [1.54, 1.807) is 4.90 Å². The molecule has 12 heavy (non-hydrogen) atoms. The molecule has 0 atom stereocenters. The quantitative estimate of drug-likeness (QED) is 0.504. The van der Waals surface area contributed by atoms with Crippen LogP contribution >= 0.6 is 0 Å². The molecular weight excluding hydrogens is 158 g/mol. The SMILES string of the molecule is CN1CC(N2CC(=O)NC2=O)C1. The van der Waals surface area contributed by atoms with Gasteiger partial charge >= 0.3 is 6.03 Å². The molecule has 0 radical (unpaired) electrons. The van der Waals surface area contributed by atoms with Gasteiger partial charge in [0.25, 0.3) is 0 Å². The van der Waals surface area contributed by atoms with E-state index in [-0.39, 0.29) is 24.5 Å². The highest BCUT2D eigenvalue weighted by Gasteiger charge is 2.37. The largest absolute Gasteiger partial charge is 0.324 e. The van der Waals surface area contributed by atoms with Crippen LogP contribution in [0.15, 0.2) is 0 Å². The average molecular weight is 169 g/mol. The van der Waals surface area contributed by atoms with Gasteiger partial charge in [-0.1, -0.05) is 0 Å². The average Bonchev–Trinajstić information content (AvgIpc) is 2.23. The van der Waals surface area contributed by atoms with Crippen LogP contribution in [0, 0.1) is 0 Å². The summed E-state index contributed by atoms with van der Waals surface area (Å²) in [6.07, 6.45) is 0. The van der Waals surface area contributed by atoms with E-state index >= 15 is 0 Å². The Balaban J connectivity index is 1.97. The first-order chi connectivity index (χ1) is 5.66. The fraction of sp³-hybridized carbons (Fsp3) is 0.714. The van der Waals surface area contributed by atoms with Crippen molar-refractivity contribution in [3.63, 3.8) is 0 Å². The summed E-state index contributed by atoms with van der Waals surface area (Å²) in [5, 5.41) is 2.26. The van der Waals surface area contributed by atoms with E-state index < -0.39 is 0 Å². The third-order valence-corrected chi connectivity index (χ3v) is 2.31. The van der Waals surface area contributed by atoms with Gasteiger partial charge in [0.05, 0.1) is 6.04 Å². The van der Waals surface area contributed by atoms with Gasteiger partial charge in [-0.3, -0.25) is 10.1 Å². The Morgan fingerprint density at radius 2 is 2.08 bits per heavy atom. The van der Waals surface area contributed by atoms with Crippen LogP contribution in [0.5, 0.6) is 0 Å². The normalized spacial score (nSPS) is 25.9. The summed E-state index contributed by atoms with van der Waals surface area (Å²) in [6, 6.07) is -0.000417. The maximum atomic E-state index is 11.1. The molecule has 2 saturated heterocycles. The Bertz CT molecular complexity index is 235. The summed E-state index contributed by atoms with van der Waals surface area (Å²) in [5.74, 6) is -0.186. The molecule has 0 spiro atoms. The van der Waals surface area contributed by atoms with Gasteiger partial charge < -0.3 is 9.80 Å². The second-order valence-corrected chi connectivity index (χ2v) is 3.36. The number of carbonyl (C=O) groups is 2. The van der Waals surface area contributed by atoms with Gasteiger partial charge in [-0.25, -0.2) is 4.79 Å². The molecule has 2 aliphatic heterocycles. The predicted octanol–water partition coefficient (Wildman–Crippen LogP) is -1.15. The van der Waals surface area contributed by atoms with Crippen molar-refractivity contribution in [3.05, 3.63) is 0 Å². The maximum Gasteiger partial charge on any atom is 0.324 e. The molecule has 66 valence electrons. The summed E-state index contributed by atoms with van der Waals surface area (Å²) in [7, 11) is 1.99. The molecule has 0 aliphatic carbocycles. The van der Waals surface area contributed by atoms with E-state index in [0.29, 0.717) is 0 Å². The molecule has 0 aromatic rings. The van der Waals surface area contributed by atoms with Crippen LogP contribution in [0.3, 0.4) is 0 Å². The van der Waals surface area contributed by atoms with E-state index in [1.807, 2.05) is 7.05 Å². The first-order valence-electron chi connectivity index (χ1n) is 3.96. The summed E-state index contributed by atoms with van der Waals surface area (Å²) < 4.78 is 0. The first kappa shape index (κ1) is 7.54. The molecule has 3 amide bonds. The fourth-order valence-corrected chi connectivity index (χ4v) is 1.62. The zero-order valence-corrected chi connectivity index (χ0v) is 6.91. The number of nitrogens with one attached hydrogen (secondary N) is 1. The van der Waals surface area contributed by atoms with Crippen LogP contribution in [-0.4, -0.2) is 54.5 Å². The van der Waals surface area contributed by atoms with E-state index in [9.17, 15) is 9.59 Å². The Kier molecular flexibility index (Phi) is 1.54. The van der Waals surface area contributed by atoms with E-state index in [2.05, 4.69) is 10.2 Å². The highest BCUT2D eigenvalue weighted by molar-refractivity contribution is 6.02. The van der Waals surface area contributed by atoms with Crippen LogP contribution in [0.2, 0.25) is 0 Å². The van der Waals surface area contributed by atoms with Crippen LogP contribution in [0.4, 0.5) is 4.79 Å². The Labute approximate surface area is 70.3 Å². The fourth-order valence-electron chi connectivity index (χ4n) is 1.62. The second kappa shape index (κ2) is 2.45. The predicted molar refractivity (Wildman–Crippen MR) is 41.5 cm³/mol. The molecule has 5 nitrogen and oxygen atoms in total. The third kappa shape index (κ3) is 1.06. The van der Waals surface area contributed by atoms with E-state index in [4.69, 9.17) is 0 Å². The third-order valence-electron chi connectivity index (χ3n) is 2.31.